The van der Waals surface area contributed by atoms with Gasteiger partial charge >= 0.3 is 0 Å². The first-order chi connectivity index (χ1) is 9.06. The zero-order chi connectivity index (χ0) is 14.0. The molecule has 0 aliphatic carbocycles. The summed E-state index contributed by atoms with van der Waals surface area (Å²) in [6, 6.07) is 5.27. The van der Waals surface area contributed by atoms with Crippen LogP contribution in [-0.4, -0.2) is 37.3 Å². The van der Waals surface area contributed by atoms with Crippen LogP contribution in [0.4, 0.5) is 4.79 Å². The van der Waals surface area contributed by atoms with Gasteiger partial charge in [0.05, 0.1) is 19.1 Å². The van der Waals surface area contributed by atoms with Crippen LogP contribution >= 0.6 is 11.8 Å². The minimum atomic E-state index is -0.298. The first-order valence-electron chi connectivity index (χ1n) is 5.50. The smallest absolute Gasteiger partial charge is 0.293 e. The Labute approximate surface area is 115 Å². The van der Waals surface area contributed by atoms with Crippen LogP contribution in [-0.2, 0) is 4.79 Å². The summed E-state index contributed by atoms with van der Waals surface area (Å²) in [6.45, 7) is 0. The van der Waals surface area contributed by atoms with Crippen LogP contribution in [0.2, 0.25) is 0 Å². The first kappa shape index (κ1) is 13.5. The molecule has 2 amide bonds. The van der Waals surface area contributed by atoms with E-state index in [4.69, 9.17) is 9.47 Å². The maximum absolute atomic E-state index is 11.8. The van der Waals surface area contributed by atoms with Crippen LogP contribution in [0.3, 0.4) is 0 Å². The monoisotopic (exact) mass is 279 g/mol. The highest BCUT2D eigenvalue weighted by atomic mass is 32.2. The molecule has 1 aliphatic rings. The lowest BCUT2D eigenvalue weighted by molar-refractivity contribution is -0.121. The molecule has 19 heavy (non-hydrogen) atoms. The van der Waals surface area contributed by atoms with Gasteiger partial charge in [-0.25, -0.2) is 0 Å². The largest absolute Gasteiger partial charge is 0.497 e. The Morgan fingerprint density at radius 2 is 1.95 bits per heavy atom. The van der Waals surface area contributed by atoms with Gasteiger partial charge in [0, 0.05) is 18.7 Å². The number of ether oxygens (including phenoxy) is 2. The van der Waals surface area contributed by atoms with Crippen LogP contribution in [0.15, 0.2) is 23.1 Å². The van der Waals surface area contributed by atoms with Gasteiger partial charge in [0.2, 0.25) is 0 Å². The Kier molecular flexibility index (Phi) is 3.80. The number of thioether (sulfide) groups is 1. The van der Waals surface area contributed by atoms with Crippen molar-refractivity contribution in [2.45, 2.75) is 0 Å². The van der Waals surface area contributed by atoms with E-state index in [0.717, 1.165) is 22.2 Å². The van der Waals surface area contributed by atoms with Gasteiger partial charge in [0.1, 0.15) is 11.5 Å². The molecule has 1 heterocycles. The molecule has 1 saturated heterocycles. The van der Waals surface area contributed by atoms with Crippen molar-refractivity contribution in [3.8, 4) is 11.5 Å². The quantitative estimate of drug-likeness (QED) is 0.795. The van der Waals surface area contributed by atoms with Crippen LogP contribution in [0.5, 0.6) is 11.5 Å². The molecular formula is C13H13NO4S. The topological polar surface area (TPSA) is 55.8 Å². The highest BCUT2D eigenvalue weighted by molar-refractivity contribution is 8.18. The fourth-order valence-electron chi connectivity index (χ4n) is 1.62. The summed E-state index contributed by atoms with van der Waals surface area (Å²) in [7, 11) is 4.57. The molecule has 0 atom stereocenters. The molecule has 0 radical (unpaired) electrons. The average molecular weight is 279 g/mol. The van der Waals surface area contributed by atoms with Crippen molar-refractivity contribution in [3.05, 3.63) is 28.7 Å². The maximum Gasteiger partial charge on any atom is 0.293 e. The van der Waals surface area contributed by atoms with E-state index in [1.165, 1.54) is 14.2 Å². The summed E-state index contributed by atoms with van der Waals surface area (Å²) in [6.07, 6.45) is 1.65. The maximum atomic E-state index is 11.8. The number of benzene rings is 1. The van der Waals surface area contributed by atoms with Crippen LogP contribution in [0.1, 0.15) is 5.56 Å². The second-order valence-electron chi connectivity index (χ2n) is 3.85. The van der Waals surface area contributed by atoms with Crippen LogP contribution in [0.25, 0.3) is 6.08 Å². The zero-order valence-corrected chi connectivity index (χ0v) is 11.6. The van der Waals surface area contributed by atoms with Gasteiger partial charge in [0.25, 0.3) is 11.1 Å². The van der Waals surface area contributed by atoms with Crippen LogP contribution in [0, 0.1) is 0 Å². The number of amides is 2. The highest BCUT2D eigenvalue weighted by Gasteiger charge is 2.31. The standard InChI is InChI=1S/C13H13NO4S/c1-14-12(15)11(19-13(14)16)6-8-4-5-9(17-2)7-10(8)18-3/h4-7H,1-3H3. The van der Waals surface area contributed by atoms with Gasteiger partial charge in [-0.2, -0.15) is 0 Å². The Morgan fingerprint density at radius 1 is 1.21 bits per heavy atom. The second-order valence-corrected chi connectivity index (χ2v) is 4.84. The number of carbonyl (C=O) groups excluding carboxylic acids is 2. The first-order valence-corrected chi connectivity index (χ1v) is 6.32. The zero-order valence-electron chi connectivity index (χ0n) is 10.8. The van der Waals surface area contributed by atoms with Crippen LogP contribution < -0.4 is 9.47 Å². The van der Waals surface area contributed by atoms with Crippen molar-refractivity contribution < 1.29 is 19.1 Å². The summed E-state index contributed by atoms with van der Waals surface area (Å²) in [5.41, 5.74) is 0.724. The molecule has 1 fully saturated rings. The molecule has 5 nitrogen and oxygen atoms in total. The lowest BCUT2D eigenvalue weighted by Crippen LogP contribution is -2.22. The summed E-state index contributed by atoms with van der Waals surface area (Å²) in [5.74, 6) is 0.952. The van der Waals surface area contributed by atoms with Gasteiger partial charge in [-0.1, -0.05) is 0 Å². The minimum Gasteiger partial charge on any atom is -0.497 e. The molecule has 6 heteroatoms. The van der Waals surface area contributed by atoms with Gasteiger partial charge in [-0.15, -0.1) is 0 Å². The van der Waals surface area contributed by atoms with E-state index in [0.29, 0.717) is 16.4 Å². The summed E-state index contributed by atoms with van der Waals surface area (Å²) in [4.78, 5) is 24.7. The van der Waals surface area contributed by atoms with E-state index in [1.54, 1.807) is 31.4 Å². The number of nitrogens with zero attached hydrogens (tertiary/aromatic N) is 1. The Morgan fingerprint density at radius 3 is 2.47 bits per heavy atom. The molecule has 1 aromatic carbocycles. The van der Waals surface area contributed by atoms with Crippen molar-refractivity contribution in [1.82, 2.24) is 4.90 Å². The lowest BCUT2D eigenvalue weighted by Gasteiger charge is -2.07. The Hall–Kier alpha value is -1.95. The fraction of sp³-hybridized carbons (Fsp3) is 0.231. The summed E-state index contributed by atoms with van der Waals surface area (Å²) >= 11 is 0.918. The average Bonchev–Trinajstić information content (AvgIpc) is 2.67. The second kappa shape index (κ2) is 5.36. The molecular weight excluding hydrogens is 266 g/mol. The van der Waals surface area contributed by atoms with E-state index in [1.807, 2.05) is 0 Å². The molecule has 1 aromatic rings. The summed E-state index contributed by atoms with van der Waals surface area (Å²) < 4.78 is 10.3. The van der Waals surface area contributed by atoms with Gasteiger partial charge < -0.3 is 9.47 Å². The van der Waals surface area contributed by atoms with Gasteiger partial charge in [0.15, 0.2) is 0 Å². The molecule has 0 N–H and O–H groups in total. The molecule has 0 aromatic heterocycles. The fourth-order valence-corrected chi connectivity index (χ4v) is 2.44. The number of hydrogen-bond acceptors (Lipinski definition) is 5. The van der Waals surface area contributed by atoms with E-state index in [9.17, 15) is 9.59 Å². The SMILES string of the molecule is COc1ccc(C=C2SC(=O)N(C)C2=O)c(OC)c1. The predicted molar refractivity (Wildman–Crippen MR) is 73.3 cm³/mol. The molecule has 0 unspecified atom stereocenters. The van der Waals surface area contributed by atoms with Gasteiger partial charge in [-0.05, 0) is 30.0 Å². The molecule has 0 saturated carbocycles. The lowest BCUT2D eigenvalue weighted by atomic mass is 10.1. The predicted octanol–water partition coefficient (Wildman–Crippen LogP) is 2.37. The third kappa shape index (κ3) is 2.58. The van der Waals surface area contributed by atoms with E-state index in [2.05, 4.69) is 0 Å². The molecule has 100 valence electrons. The molecule has 1 aliphatic heterocycles. The minimum absolute atomic E-state index is 0.274. The number of likely N-dealkylation sites (N-methyl/N-ethyl adjacent to an activating group) is 1. The Balaban J connectivity index is 2.38. The van der Waals surface area contributed by atoms with E-state index >= 15 is 0 Å². The normalized spacial score (nSPS) is 17.2. The van der Waals surface area contributed by atoms with Crippen molar-refractivity contribution in [2.75, 3.05) is 21.3 Å². The highest BCUT2D eigenvalue weighted by Crippen LogP contribution is 2.34. The summed E-state index contributed by atoms with van der Waals surface area (Å²) in [5, 5.41) is -0.274. The van der Waals surface area contributed by atoms with Crippen molar-refractivity contribution >= 4 is 29.0 Å². The number of rotatable bonds is 3. The van der Waals surface area contributed by atoms with E-state index in [-0.39, 0.29) is 11.1 Å². The van der Waals surface area contributed by atoms with Crippen molar-refractivity contribution in [1.29, 1.82) is 0 Å². The number of carbonyl (C=O) groups is 2. The van der Waals surface area contributed by atoms with Crippen molar-refractivity contribution in [2.24, 2.45) is 0 Å². The molecule has 0 bridgehead atoms. The van der Waals surface area contributed by atoms with Gasteiger partial charge in [-0.3, -0.25) is 14.5 Å². The molecule has 2 rings (SSSR count). The third-order valence-electron chi connectivity index (χ3n) is 2.71. The Bertz CT molecular complexity index is 568. The van der Waals surface area contributed by atoms with Crippen molar-refractivity contribution in [3.63, 3.8) is 0 Å². The molecule has 0 spiro atoms. The number of hydrogen-bond donors (Lipinski definition) is 0. The third-order valence-corrected chi connectivity index (χ3v) is 3.67. The number of methoxy groups -OCH3 is 2. The van der Waals surface area contributed by atoms with E-state index < -0.39 is 0 Å². The number of imide groups is 1.